The van der Waals surface area contributed by atoms with Crippen LogP contribution in [0.2, 0.25) is 0 Å². The molecule has 0 N–H and O–H groups in total. The molecule has 3 aromatic rings. The minimum Gasteiger partial charge on any atom is -0.420 e. The number of halogens is 1. The van der Waals surface area contributed by atoms with E-state index in [-0.39, 0.29) is 30.3 Å². The van der Waals surface area contributed by atoms with E-state index in [1.807, 2.05) is 24.3 Å². The highest BCUT2D eigenvalue weighted by Crippen LogP contribution is 2.29. The first-order chi connectivity index (χ1) is 15.3. The average molecular weight is 434 g/mol. The molecular weight excluding hydrogens is 411 g/mol. The maximum Gasteiger partial charge on any atom is 0.341 e. The predicted octanol–water partition coefficient (Wildman–Crippen LogP) is 5.14. The lowest BCUT2D eigenvalue weighted by molar-refractivity contribution is -0.130. The second-order valence-electron chi connectivity index (χ2n) is 7.21. The highest BCUT2D eigenvalue weighted by Gasteiger charge is 2.15. The van der Waals surface area contributed by atoms with E-state index in [0.29, 0.717) is 16.7 Å². The van der Waals surface area contributed by atoms with Crippen molar-refractivity contribution in [3.05, 3.63) is 90.3 Å². The van der Waals surface area contributed by atoms with Gasteiger partial charge in [0.05, 0.1) is 18.8 Å². The summed E-state index contributed by atoms with van der Waals surface area (Å²) >= 11 is 0. The number of methoxy groups -OCH3 is 2. The molecule has 0 amide bonds. The molecule has 0 bridgehead atoms. The number of carbonyl (C=O) groups is 2. The highest BCUT2D eigenvalue weighted by atomic mass is 19.1. The second kappa shape index (κ2) is 10.1. The molecule has 164 valence electrons. The zero-order valence-corrected chi connectivity index (χ0v) is 17.9. The van der Waals surface area contributed by atoms with Crippen LogP contribution in [-0.4, -0.2) is 39.2 Å². The van der Waals surface area contributed by atoms with Gasteiger partial charge in [0, 0.05) is 25.4 Å². The fourth-order valence-corrected chi connectivity index (χ4v) is 3.18. The molecule has 0 aromatic heterocycles. The van der Waals surface area contributed by atoms with Crippen molar-refractivity contribution in [2.75, 3.05) is 27.4 Å². The maximum absolute atomic E-state index is 14.5. The predicted molar refractivity (Wildman–Crippen MR) is 121 cm³/mol. The number of carbonyl (C=O) groups excluding carboxylic acids is 2. The number of rotatable bonds is 9. The van der Waals surface area contributed by atoms with Gasteiger partial charge in [-0.3, -0.25) is 4.79 Å². The Labute approximate surface area is 185 Å². The van der Waals surface area contributed by atoms with Crippen molar-refractivity contribution in [3.8, 4) is 16.9 Å². The van der Waals surface area contributed by atoms with Gasteiger partial charge in [0.2, 0.25) is 0 Å². The molecule has 0 saturated carbocycles. The van der Waals surface area contributed by atoms with Crippen LogP contribution in [0.4, 0.5) is 4.39 Å². The Bertz CT molecular complexity index is 1210. The lowest BCUT2D eigenvalue weighted by Crippen LogP contribution is -2.14. The molecule has 5 nitrogen and oxygen atoms in total. The number of hydrogen-bond donors (Lipinski definition) is 0. The van der Waals surface area contributed by atoms with E-state index >= 15 is 0 Å². The smallest absolute Gasteiger partial charge is 0.341 e. The van der Waals surface area contributed by atoms with E-state index in [1.54, 1.807) is 18.2 Å². The monoisotopic (exact) mass is 434 g/mol. The Hall–Kier alpha value is -3.61. The van der Waals surface area contributed by atoms with Gasteiger partial charge in [-0.1, -0.05) is 43.5 Å². The summed E-state index contributed by atoms with van der Waals surface area (Å²) in [7, 11) is 2.94. The number of ether oxygens (including phenoxy) is 3. The first-order valence-corrected chi connectivity index (χ1v) is 9.78. The lowest BCUT2D eigenvalue weighted by atomic mass is 9.97. The summed E-state index contributed by atoms with van der Waals surface area (Å²) < 4.78 is 29.4. The van der Waals surface area contributed by atoms with Crippen LogP contribution in [0.5, 0.6) is 5.75 Å². The molecule has 32 heavy (non-hydrogen) atoms. The molecule has 0 atom stereocenters. The van der Waals surface area contributed by atoms with Crippen LogP contribution in [0.15, 0.2) is 78.9 Å². The third-order valence-corrected chi connectivity index (χ3v) is 4.82. The fraction of sp³-hybridized carbons (Fsp3) is 0.154. The van der Waals surface area contributed by atoms with E-state index in [4.69, 9.17) is 14.2 Å². The summed E-state index contributed by atoms with van der Waals surface area (Å²) in [6, 6.07) is 15.3. The van der Waals surface area contributed by atoms with Gasteiger partial charge in [0.15, 0.2) is 17.3 Å². The molecule has 0 spiro atoms. The normalized spacial score (nSPS) is 10.7. The quantitative estimate of drug-likeness (QED) is 0.202. The fourth-order valence-electron chi connectivity index (χ4n) is 3.18. The topological polar surface area (TPSA) is 61.8 Å². The minimum atomic E-state index is -0.747. The van der Waals surface area contributed by atoms with Crippen LogP contribution in [0.3, 0.4) is 0 Å². The summed E-state index contributed by atoms with van der Waals surface area (Å²) in [5.41, 5.74) is 2.40. The van der Waals surface area contributed by atoms with Gasteiger partial charge >= 0.3 is 5.97 Å². The molecule has 0 aliphatic heterocycles. The molecule has 6 heteroatoms. The molecule has 3 aromatic carbocycles. The van der Waals surface area contributed by atoms with Crippen LogP contribution in [0.1, 0.15) is 10.4 Å². The van der Waals surface area contributed by atoms with Crippen LogP contribution in [0, 0.1) is 5.82 Å². The summed E-state index contributed by atoms with van der Waals surface area (Å²) in [6.07, 6.45) is 0. The van der Waals surface area contributed by atoms with E-state index in [0.717, 1.165) is 16.3 Å². The minimum absolute atomic E-state index is 0.00340. The van der Waals surface area contributed by atoms with Gasteiger partial charge in [-0.2, -0.15) is 0 Å². The number of benzene rings is 3. The third-order valence-electron chi connectivity index (χ3n) is 4.82. The van der Waals surface area contributed by atoms with Crippen LogP contribution in [0.25, 0.3) is 21.9 Å². The van der Waals surface area contributed by atoms with Crippen molar-refractivity contribution in [2.45, 2.75) is 0 Å². The van der Waals surface area contributed by atoms with Crippen molar-refractivity contribution >= 4 is 22.5 Å². The zero-order chi connectivity index (χ0) is 23.3. The van der Waals surface area contributed by atoms with Crippen LogP contribution < -0.4 is 4.74 Å². The standard InChI is InChI=1S/C26H23FO5/c1-16(14-30-3)25(28)22-8-7-18-11-19(5-6-20(18)12-22)21-9-10-24(23(27)13-21)32-26(29)17(2)15-31-4/h5-13H,1-2,14-15H2,3-4H3. The molecule has 0 radical (unpaired) electrons. The Morgan fingerprint density at radius 2 is 1.41 bits per heavy atom. The molecule has 0 saturated heterocycles. The first kappa shape index (κ1) is 23.1. The summed E-state index contributed by atoms with van der Waals surface area (Å²) in [5, 5.41) is 1.76. The van der Waals surface area contributed by atoms with Gasteiger partial charge in [0.25, 0.3) is 0 Å². The summed E-state index contributed by atoms with van der Waals surface area (Å²) in [4.78, 5) is 24.3. The number of fused-ring (bicyclic) bond motifs is 1. The van der Waals surface area contributed by atoms with Crippen molar-refractivity contribution in [3.63, 3.8) is 0 Å². The molecule has 3 rings (SSSR count). The Morgan fingerprint density at radius 1 is 0.812 bits per heavy atom. The van der Waals surface area contributed by atoms with E-state index in [1.165, 1.54) is 26.4 Å². The van der Waals surface area contributed by atoms with Crippen molar-refractivity contribution in [2.24, 2.45) is 0 Å². The molecule has 0 aliphatic carbocycles. The summed E-state index contributed by atoms with van der Waals surface area (Å²) in [6.45, 7) is 7.48. The van der Waals surface area contributed by atoms with E-state index in [2.05, 4.69) is 13.2 Å². The Morgan fingerprint density at radius 3 is 2.09 bits per heavy atom. The molecule has 0 aliphatic rings. The largest absolute Gasteiger partial charge is 0.420 e. The number of ketones is 1. The van der Waals surface area contributed by atoms with Gasteiger partial charge in [0.1, 0.15) is 0 Å². The highest BCUT2D eigenvalue weighted by molar-refractivity contribution is 6.10. The first-order valence-electron chi connectivity index (χ1n) is 9.78. The van der Waals surface area contributed by atoms with Crippen molar-refractivity contribution < 1.29 is 28.2 Å². The molecule has 0 fully saturated rings. The van der Waals surface area contributed by atoms with Crippen LogP contribution in [-0.2, 0) is 14.3 Å². The second-order valence-corrected chi connectivity index (χ2v) is 7.21. The average Bonchev–Trinajstić information content (AvgIpc) is 2.79. The number of hydrogen-bond acceptors (Lipinski definition) is 5. The number of Topliss-reactive ketones (excluding diaryl/α,β-unsaturated/α-hetero) is 1. The van der Waals surface area contributed by atoms with Gasteiger partial charge < -0.3 is 14.2 Å². The van der Waals surface area contributed by atoms with Crippen molar-refractivity contribution in [1.29, 1.82) is 0 Å². The maximum atomic E-state index is 14.5. The lowest BCUT2D eigenvalue weighted by Gasteiger charge is -2.10. The SMILES string of the molecule is C=C(COC)C(=O)Oc1ccc(-c2ccc3cc(C(=O)C(=C)COC)ccc3c2)cc1F. The Balaban J connectivity index is 1.83. The van der Waals surface area contributed by atoms with Crippen LogP contribution >= 0.6 is 0 Å². The van der Waals surface area contributed by atoms with Gasteiger partial charge in [-0.25, -0.2) is 9.18 Å². The molecule has 0 unspecified atom stereocenters. The van der Waals surface area contributed by atoms with Gasteiger partial charge in [-0.15, -0.1) is 0 Å². The Kier molecular flexibility index (Phi) is 7.30. The molecule has 0 heterocycles. The van der Waals surface area contributed by atoms with Crippen molar-refractivity contribution in [1.82, 2.24) is 0 Å². The number of esters is 1. The third kappa shape index (κ3) is 5.17. The van der Waals surface area contributed by atoms with E-state index < -0.39 is 11.8 Å². The van der Waals surface area contributed by atoms with E-state index in [9.17, 15) is 14.0 Å². The van der Waals surface area contributed by atoms with Gasteiger partial charge in [-0.05, 0) is 46.2 Å². The summed E-state index contributed by atoms with van der Waals surface area (Å²) in [5.74, 6) is -1.77. The molecular formula is C26H23FO5. The zero-order valence-electron chi connectivity index (χ0n) is 17.9.